The number of pyridine rings is 1. The van der Waals surface area contributed by atoms with Gasteiger partial charge in [0.1, 0.15) is 0 Å². The fourth-order valence-corrected chi connectivity index (χ4v) is 4.83. The lowest BCUT2D eigenvalue weighted by Crippen LogP contribution is -2.18. The minimum atomic E-state index is -0.0951. The number of thioether (sulfide) groups is 1. The van der Waals surface area contributed by atoms with Gasteiger partial charge in [0.2, 0.25) is 5.91 Å². The first-order valence-electron chi connectivity index (χ1n) is 9.93. The average molecular weight is 464 g/mol. The van der Waals surface area contributed by atoms with Crippen LogP contribution in [0.2, 0.25) is 0 Å². The van der Waals surface area contributed by atoms with Crippen molar-refractivity contribution >= 4 is 34.8 Å². The molecule has 0 aliphatic rings. The van der Waals surface area contributed by atoms with E-state index in [1.54, 1.807) is 18.5 Å². The van der Waals surface area contributed by atoms with E-state index in [0.717, 1.165) is 21.7 Å². The molecule has 0 unspecified atom stereocenters. The molecule has 0 spiro atoms. The summed E-state index contributed by atoms with van der Waals surface area (Å²) in [4.78, 5) is 29.6. The van der Waals surface area contributed by atoms with Crippen LogP contribution in [0.15, 0.2) is 66.1 Å². The fraction of sp³-hybridized carbons (Fsp3) is 0.174. The molecule has 1 amide bonds. The molecule has 7 nitrogen and oxygen atoms in total. The van der Waals surface area contributed by atoms with Crippen LogP contribution in [0.1, 0.15) is 27.0 Å². The summed E-state index contributed by atoms with van der Waals surface area (Å²) in [6.45, 7) is 3.94. The van der Waals surface area contributed by atoms with Gasteiger partial charge in [-0.05, 0) is 43.3 Å². The molecule has 0 aliphatic heterocycles. The predicted molar refractivity (Wildman–Crippen MR) is 126 cm³/mol. The summed E-state index contributed by atoms with van der Waals surface area (Å²) in [5, 5.41) is 12.2. The number of benzene rings is 1. The Hall–Kier alpha value is -3.30. The van der Waals surface area contributed by atoms with Crippen molar-refractivity contribution in [2.75, 3.05) is 5.75 Å². The van der Waals surface area contributed by atoms with E-state index < -0.39 is 0 Å². The summed E-state index contributed by atoms with van der Waals surface area (Å²) in [6, 6.07) is 15.5. The van der Waals surface area contributed by atoms with E-state index in [1.807, 2.05) is 54.0 Å². The van der Waals surface area contributed by atoms with Crippen LogP contribution < -0.4 is 5.32 Å². The normalized spacial score (nSPS) is 10.8. The number of rotatable bonds is 8. The van der Waals surface area contributed by atoms with Crippen LogP contribution in [0.25, 0.3) is 17.1 Å². The Morgan fingerprint density at radius 2 is 1.78 bits per heavy atom. The second-order valence-electron chi connectivity index (χ2n) is 7.10. The number of ketones is 1. The molecule has 162 valence electrons. The Labute approximate surface area is 193 Å². The van der Waals surface area contributed by atoms with Crippen LogP contribution in [-0.2, 0) is 11.3 Å². The molecule has 4 aromatic rings. The van der Waals surface area contributed by atoms with Gasteiger partial charge >= 0.3 is 0 Å². The first-order valence-corrected chi connectivity index (χ1v) is 11.7. The first kappa shape index (κ1) is 21.9. The number of hydrogen-bond donors (Lipinski definition) is 1. The molecular weight excluding hydrogens is 442 g/mol. The molecule has 32 heavy (non-hydrogen) atoms. The van der Waals surface area contributed by atoms with Crippen molar-refractivity contribution in [1.82, 2.24) is 25.1 Å². The highest BCUT2D eigenvalue weighted by molar-refractivity contribution is 7.99. The highest BCUT2D eigenvalue weighted by atomic mass is 32.2. The number of nitrogens with zero attached hydrogens (tertiary/aromatic N) is 4. The van der Waals surface area contributed by atoms with Crippen molar-refractivity contribution in [3.8, 4) is 17.1 Å². The lowest BCUT2D eigenvalue weighted by atomic mass is 10.2. The van der Waals surface area contributed by atoms with Crippen molar-refractivity contribution in [1.29, 1.82) is 0 Å². The topological polar surface area (TPSA) is 89.8 Å². The van der Waals surface area contributed by atoms with Gasteiger partial charge in [-0.15, -0.1) is 21.5 Å². The summed E-state index contributed by atoms with van der Waals surface area (Å²) in [5.74, 6) is 0.848. The summed E-state index contributed by atoms with van der Waals surface area (Å²) >= 11 is 2.75. The van der Waals surface area contributed by atoms with Gasteiger partial charge in [0.25, 0.3) is 0 Å². The molecule has 0 aliphatic carbocycles. The molecule has 0 atom stereocenters. The van der Waals surface area contributed by atoms with E-state index in [1.165, 1.54) is 30.0 Å². The minimum Gasteiger partial charge on any atom is -0.351 e. The third-order valence-corrected chi connectivity index (χ3v) is 6.70. The molecule has 1 N–H and O–H groups in total. The Bertz CT molecular complexity index is 1230. The predicted octanol–water partition coefficient (Wildman–Crippen LogP) is 4.31. The lowest BCUT2D eigenvalue weighted by molar-refractivity contribution is -0.119. The highest BCUT2D eigenvalue weighted by Gasteiger charge is 2.18. The smallest absolute Gasteiger partial charge is 0.217 e. The van der Waals surface area contributed by atoms with Crippen LogP contribution in [0.3, 0.4) is 0 Å². The summed E-state index contributed by atoms with van der Waals surface area (Å²) in [6.07, 6.45) is 3.43. The third-order valence-electron chi connectivity index (χ3n) is 4.64. The van der Waals surface area contributed by atoms with E-state index in [0.29, 0.717) is 22.4 Å². The van der Waals surface area contributed by atoms with Gasteiger partial charge in [-0.2, -0.15) is 0 Å². The average Bonchev–Trinajstić information content (AvgIpc) is 3.45. The zero-order valence-corrected chi connectivity index (χ0v) is 19.2. The number of aryl methyl sites for hydroxylation is 1. The summed E-state index contributed by atoms with van der Waals surface area (Å²) in [5.41, 5.74) is 2.98. The molecule has 3 heterocycles. The molecule has 0 fully saturated rings. The van der Waals surface area contributed by atoms with E-state index >= 15 is 0 Å². The fourth-order valence-electron chi connectivity index (χ4n) is 3.01. The maximum absolute atomic E-state index is 12.8. The van der Waals surface area contributed by atoms with Crippen molar-refractivity contribution in [2.45, 2.75) is 25.5 Å². The van der Waals surface area contributed by atoms with Crippen molar-refractivity contribution in [2.24, 2.45) is 0 Å². The number of thiophene rings is 1. The van der Waals surface area contributed by atoms with Gasteiger partial charge < -0.3 is 5.32 Å². The molecule has 0 saturated heterocycles. The number of amides is 1. The Morgan fingerprint density at radius 1 is 1.03 bits per heavy atom. The zero-order valence-electron chi connectivity index (χ0n) is 17.6. The lowest BCUT2D eigenvalue weighted by Gasteiger charge is -2.10. The van der Waals surface area contributed by atoms with Crippen LogP contribution in [0.4, 0.5) is 0 Å². The van der Waals surface area contributed by atoms with E-state index in [4.69, 9.17) is 0 Å². The second-order valence-corrected chi connectivity index (χ2v) is 9.21. The third kappa shape index (κ3) is 5.12. The molecule has 9 heteroatoms. The van der Waals surface area contributed by atoms with Crippen molar-refractivity contribution in [3.05, 3.63) is 76.2 Å². The molecule has 0 radical (unpaired) electrons. The number of hydrogen-bond acceptors (Lipinski definition) is 7. The number of carbonyl (C=O) groups excluding carboxylic acids is 2. The maximum Gasteiger partial charge on any atom is 0.217 e. The molecule has 0 saturated carbocycles. The highest BCUT2D eigenvalue weighted by Crippen LogP contribution is 2.29. The van der Waals surface area contributed by atoms with Gasteiger partial charge in [0, 0.05) is 35.4 Å². The molecule has 4 rings (SSSR count). The van der Waals surface area contributed by atoms with Gasteiger partial charge in [0.15, 0.2) is 16.8 Å². The van der Waals surface area contributed by atoms with Gasteiger partial charge in [-0.3, -0.25) is 19.1 Å². The Morgan fingerprint density at radius 3 is 2.50 bits per heavy atom. The standard InChI is InChI=1S/C23H21N5O2S2/c1-15-3-5-18(6-4-15)28-22(17-9-11-24-12-10-17)26-27-23(28)31-14-20(30)21-8-7-19(32-21)13-25-16(2)29/h3-12H,13-14H2,1-2H3,(H,25,29). The molecule has 1 aromatic carbocycles. The maximum atomic E-state index is 12.8. The van der Waals surface area contributed by atoms with Crippen LogP contribution in [0, 0.1) is 6.92 Å². The van der Waals surface area contributed by atoms with Crippen molar-refractivity contribution in [3.63, 3.8) is 0 Å². The van der Waals surface area contributed by atoms with E-state index in [-0.39, 0.29) is 17.4 Å². The van der Waals surface area contributed by atoms with Crippen LogP contribution in [0.5, 0.6) is 0 Å². The Balaban J connectivity index is 1.56. The van der Waals surface area contributed by atoms with E-state index in [2.05, 4.69) is 20.5 Å². The van der Waals surface area contributed by atoms with Crippen LogP contribution in [-0.4, -0.2) is 37.2 Å². The van der Waals surface area contributed by atoms with Gasteiger partial charge in [-0.25, -0.2) is 0 Å². The van der Waals surface area contributed by atoms with Gasteiger partial charge in [-0.1, -0.05) is 29.5 Å². The minimum absolute atomic E-state index is 0.0120. The summed E-state index contributed by atoms with van der Waals surface area (Å²) in [7, 11) is 0. The number of nitrogens with one attached hydrogen (secondary N) is 1. The number of carbonyl (C=O) groups is 2. The zero-order chi connectivity index (χ0) is 22.5. The molecule has 0 bridgehead atoms. The molecule has 3 aromatic heterocycles. The Kier molecular flexibility index (Phi) is 6.77. The summed E-state index contributed by atoms with van der Waals surface area (Å²) < 4.78 is 1.96. The van der Waals surface area contributed by atoms with Gasteiger partial charge in [0.05, 0.1) is 17.2 Å². The SMILES string of the molecule is CC(=O)NCc1ccc(C(=O)CSc2nnc(-c3ccncc3)n2-c2ccc(C)cc2)s1. The number of aromatic nitrogens is 4. The monoisotopic (exact) mass is 463 g/mol. The quantitative estimate of drug-likeness (QED) is 0.309. The largest absolute Gasteiger partial charge is 0.351 e. The number of Topliss-reactive ketones (excluding diaryl/α,β-unsaturated/α-hetero) is 1. The second kappa shape index (κ2) is 9.88. The molecular formula is C23H21N5O2S2. The van der Waals surface area contributed by atoms with Crippen LogP contribution >= 0.6 is 23.1 Å². The van der Waals surface area contributed by atoms with E-state index in [9.17, 15) is 9.59 Å². The first-order chi connectivity index (χ1) is 15.5. The van der Waals surface area contributed by atoms with Crippen molar-refractivity contribution < 1.29 is 9.59 Å².